The van der Waals surface area contributed by atoms with Crippen molar-refractivity contribution in [3.05, 3.63) is 39.7 Å². The van der Waals surface area contributed by atoms with Crippen molar-refractivity contribution in [2.24, 2.45) is 0 Å². The number of unbranched alkanes of at least 4 members (excludes halogenated alkanes) is 1. The zero-order valence-electron chi connectivity index (χ0n) is 9.31. The van der Waals surface area contributed by atoms with Crippen molar-refractivity contribution < 1.29 is 18.8 Å². The minimum atomic E-state index is -1.04. The van der Waals surface area contributed by atoms with Crippen molar-refractivity contribution in [3.8, 4) is 0 Å². The van der Waals surface area contributed by atoms with Crippen LogP contribution >= 0.6 is 0 Å². The molecule has 0 amide bonds. The zero-order valence-corrected chi connectivity index (χ0v) is 9.31. The first-order valence-corrected chi connectivity index (χ1v) is 5.17. The van der Waals surface area contributed by atoms with E-state index in [2.05, 4.69) is 0 Å². The van der Waals surface area contributed by atoms with E-state index in [-0.39, 0.29) is 12.2 Å². The minimum absolute atomic E-state index is 0.0239. The largest absolute Gasteiger partial charge is 0.462 e. The Bertz CT molecular complexity index is 433. The van der Waals surface area contributed by atoms with Gasteiger partial charge in [-0.25, -0.2) is 4.79 Å². The fraction of sp³-hybridized carbons (Fsp3) is 0.364. The number of rotatable bonds is 5. The molecule has 5 nitrogen and oxygen atoms in total. The number of halogens is 1. The monoisotopic (exact) mass is 241 g/mol. The Morgan fingerprint density at radius 2 is 2.24 bits per heavy atom. The van der Waals surface area contributed by atoms with Gasteiger partial charge in [0.2, 0.25) is 5.82 Å². The number of esters is 1. The predicted molar refractivity (Wildman–Crippen MR) is 58.2 cm³/mol. The summed E-state index contributed by atoms with van der Waals surface area (Å²) in [5, 5.41) is 10.4. The third-order valence-corrected chi connectivity index (χ3v) is 2.11. The molecule has 0 unspecified atom stereocenters. The summed E-state index contributed by atoms with van der Waals surface area (Å²) in [7, 11) is 0. The number of hydrogen-bond acceptors (Lipinski definition) is 4. The fourth-order valence-electron chi connectivity index (χ4n) is 1.17. The van der Waals surface area contributed by atoms with Crippen molar-refractivity contribution in [1.29, 1.82) is 0 Å². The lowest BCUT2D eigenvalue weighted by molar-refractivity contribution is -0.387. The molecule has 0 saturated heterocycles. The lowest BCUT2D eigenvalue weighted by Crippen LogP contribution is -2.07. The van der Waals surface area contributed by atoms with Gasteiger partial charge in [-0.15, -0.1) is 0 Å². The molecule has 0 fully saturated rings. The van der Waals surface area contributed by atoms with Crippen LogP contribution in [0.1, 0.15) is 30.1 Å². The molecule has 6 heteroatoms. The van der Waals surface area contributed by atoms with Crippen molar-refractivity contribution in [2.75, 3.05) is 6.61 Å². The van der Waals surface area contributed by atoms with Crippen molar-refractivity contribution in [1.82, 2.24) is 0 Å². The standard InChI is InChI=1S/C11H12FNO4/c1-2-3-6-17-11(14)8-4-5-10(13(15)16)9(12)7-8/h4-5,7H,2-3,6H2,1H3. The van der Waals surface area contributed by atoms with Crippen LogP contribution in [0.5, 0.6) is 0 Å². The molecule has 0 aliphatic heterocycles. The summed E-state index contributed by atoms with van der Waals surface area (Å²) in [5.41, 5.74) is -0.681. The lowest BCUT2D eigenvalue weighted by atomic mass is 10.2. The van der Waals surface area contributed by atoms with Gasteiger partial charge in [0.25, 0.3) is 0 Å². The molecule has 0 saturated carbocycles. The van der Waals surface area contributed by atoms with Gasteiger partial charge < -0.3 is 4.74 Å². The van der Waals surface area contributed by atoms with E-state index in [0.29, 0.717) is 0 Å². The summed E-state index contributed by atoms with van der Waals surface area (Å²) in [6, 6.07) is 2.94. The maximum atomic E-state index is 13.2. The number of benzene rings is 1. The first-order chi connectivity index (χ1) is 8.06. The van der Waals surface area contributed by atoms with Crippen LogP contribution in [0, 0.1) is 15.9 Å². The van der Waals surface area contributed by atoms with Crippen LogP contribution in [0.3, 0.4) is 0 Å². The van der Waals surface area contributed by atoms with E-state index in [4.69, 9.17) is 4.74 Å². The second-order valence-electron chi connectivity index (χ2n) is 3.41. The van der Waals surface area contributed by atoms with Gasteiger partial charge in [-0.1, -0.05) is 13.3 Å². The van der Waals surface area contributed by atoms with E-state index >= 15 is 0 Å². The highest BCUT2D eigenvalue weighted by Crippen LogP contribution is 2.18. The Morgan fingerprint density at radius 3 is 2.76 bits per heavy atom. The van der Waals surface area contributed by atoms with Gasteiger partial charge in [-0.3, -0.25) is 10.1 Å². The molecule has 0 aromatic heterocycles. The molecule has 1 rings (SSSR count). The molecule has 0 radical (unpaired) electrons. The van der Waals surface area contributed by atoms with Gasteiger partial charge >= 0.3 is 11.7 Å². The van der Waals surface area contributed by atoms with E-state index in [1.807, 2.05) is 6.92 Å². The van der Waals surface area contributed by atoms with E-state index in [1.54, 1.807) is 0 Å². The molecule has 1 aromatic rings. The van der Waals surface area contributed by atoms with Crippen molar-refractivity contribution >= 4 is 11.7 Å². The van der Waals surface area contributed by atoms with Crippen LogP contribution in [-0.4, -0.2) is 17.5 Å². The number of carbonyl (C=O) groups is 1. The second kappa shape index (κ2) is 5.93. The molecular weight excluding hydrogens is 229 g/mol. The average Bonchev–Trinajstić information content (AvgIpc) is 2.28. The maximum absolute atomic E-state index is 13.2. The summed E-state index contributed by atoms with van der Waals surface area (Å²) in [6.07, 6.45) is 1.60. The van der Waals surface area contributed by atoms with Crippen LogP contribution in [0.4, 0.5) is 10.1 Å². The van der Waals surface area contributed by atoms with Gasteiger partial charge in [-0.2, -0.15) is 4.39 Å². The molecule has 0 spiro atoms. The molecule has 0 atom stereocenters. The molecule has 0 aliphatic rings. The molecular formula is C11H12FNO4. The predicted octanol–water partition coefficient (Wildman–Crippen LogP) is 2.69. The van der Waals surface area contributed by atoms with Crippen LogP contribution in [0.15, 0.2) is 18.2 Å². The molecule has 0 aliphatic carbocycles. The molecule has 92 valence electrons. The Hall–Kier alpha value is -1.98. The number of nitrogens with zero attached hydrogens (tertiary/aromatic N) is 1. The summed E-state index contributed by atoms with van der Waals surface area (Å²) in [5.74, 6) is -1.72. The topological polar surface area (TPSA) is 69.4 Å². The van der Waals surface area contributed by atoms with Crippen molar-refractivity contribution in [2.45, 2.75) is 19.8 Å². The zero-order chi connectivity index (χ0) is 12.8. The number of nitro groups is 1. The van der Waals surface area contributed by atoms with Gasteiger partial charge in [0.15, 0.2) is 0 Å². The minimum Gasteiger partial charge on any atom is -0.462 e. The fourth-order valence-corrected chi connectivity index (χ4v) is 1.17. The first-order valence-electron chi connectivity index (χ1n) is 5.17. The van der Waals surface area contributed by atoms with Gasteiger partial charge in [0.1, 0.15) is 0 Å². The Labute approximate surface area is 97.3 Å². The van der Waals surface area contributed by atoms with Gasteiger partial charge in [0, 0.05) is 6.07 Å². The highest BCUT2D eigenvalue weighted by molar-refractivity contribution is 5.89. The molecule has 1 aromatic carbocycles. The summed E-state index contributed by atoms with van der Waals surface area (Å²) < 4.78 is 18.0. The molecule has 0 heterocycles. The quantitative estimate of drug-likeness (QED) is 0.344. The van der Waals surface area contributed by atoms with E-state index in [0.717, 1.165) is 25.0 Å². The Balaban J connectivity index is 2.76. The summed E-state index contributed by atoms with van der Waals surface area (Å²) in [4.78, 5) is 20.9. The van der Waals surface area contributed by atoms with Gasteiger partial charge in [0.05, 0.1) is 17.1 Å². The third-order valence-electron chi connectivity index (χ3n) is 2.11. The molecule has 17 heavy (non-hydrogen) atoms. The Morgan fingerprint density at radius 1 is 1.53 bits per heavy atom. The van der Waals surface area contributed by atoms with E-state index in [9.17, 15) is 19.3 Å². The highest BCUT2D eigenvalue weighted by atomic mass is 19.1. The van der Waals surface area contributed by atoms with Crippen LogP contribution in [0.25, 0.3) is 0 Å². The van der Waals surface area contributed by atoms with Gasteiger partial charge in [-0.05, 0) is 18.6 Å². The Kier molecular flexibility index (Phi) is 4.56. The SMILES string of the molecule is CCCCOC(=O)c1ccc([N+](=O)[O-])c(F)c1. The summed E-state index contributed by atoms with van der Waals surface area (Å²) >= 11 is 0. The van der Waals surface area contributed by atoms with Crippen LogP contribution < -0.4 is 0 Å². The lowest BCUT2D eigenvalue weighted by Gasteiger charge is -2.03. The van der Waals surface area contributed by atoms with E-state index < -0.39 is 22.4 Å². The highest BCUT2D eigenvalue weighted by Gasteiger charge is 2.17. The van der Waals surface area contributed by atoms with Crippen molar-refractivity contribution in [3.63, 3.8) is 0 Å². The third kappa shape index (κ3) is 3.51. The van der Waals surface area contributed by atoms with Crippen LogP contribution in [0.2, 0.25) is 0 Å². The maximum Gasteiger partial charge on any atom is 0.338 e. The second-order valence-corrected chi connectivity index (χ2v) is 3.41. The van der Waals surface area contributed by atoms with Crippen LogP contribution in [-0.2, 0) is 4.74 Å². The number of hydrogen-bond donors (Lipinski definition) is 0. The van der Waals surface area contributed by atoms with E-state index in [1.165, 1.54) is 6.07 Å². The number of ether oxygens (including phenoxy) is 1. The average molecular weight is 241 g/mol. The molecule has 0 bridgehead atoms. The number of carbonyl (C=O) groups excluding carboxylic acids is 1. The normalized spacial score (nSPS) is 10.0. The smallest absolute Gasteiger partial charge is 0.338 e. The number of nitro benzene ring substituents is 1. The first kappa shape index (κ1) is 13.1. The molecule has 0 N–H and O–H groups in total. The summed E-state index contributed by atoms with van der Waals surface area (Å²) in [6.45, 7) is 2.20.